The molecule has 0 saturated carbocycles. The van der Waals surface area contributed by atoms with Gasteiger partial charge in [-0.1, -0.05) is 29.5 Å². The second kappa shape index (κ2) is 5.87. The Hall–Kier alpha value is -1.50. The summed E-state index contributed by atoms with van der Waals surface area (Å²) in [5, 5.41) is 14.5. The number of rotatable bonds is 4. The van der Waals surface area contributed by atoms with E-state index in [1.807, 2.05) is 32.2 Å². The van der Waals surface area contributed by atoms with E-state index in [1.165, 1.54) is 5.56 Å². The van der Waals surface area contributed by atoms with Crippen molar-refractivity contribution in [3.63, 3.8) is 0 Å². The molecule has 0 spiro atoms. The van der Waals surface area contributed by atoms with E-state index in [9.17, 15) is 0 Å². The van der Waals surface area contributed by atoms with Gasteiger partial charge in [0.1, 0.15) is 10.0 Å². The molecule has 4 nitrogen and oxygen atoms in total. The van der Waals surface area contributed by atoms with Gasteiger partial charge in [-0.3, -0.25) is 0 Å². The fourth-order valence-corrected chi connectivity index (χ4v) is 3.78. The van der Waals surface area contributed by atoms with Crippen molar-refractivity contribution in [3.8, 4) is 0 Å². The highest BCUT2D eigenvalue weighted by Gasteiger charge is 2.11. The molecule has 2 aromatic heterocycles. The number of aryl methyl sites for hydroxylation is 1. The molecule has 0 bridgehead atoms. The Morgan fingerprint density at radius 2 is 2.10 bits per heavy atom. The summed E-state index contributed by atoms with van der Waals surface area (Å²) in [5.74, 6) is 0. The Balaban J connectivity index is 2.04. The Kier molecular flexibility index (Phi) is 3.95. The molecule has 0 aliphatic carbocycles. The van der Waals surface area contributed by atoms with Gasteiger partial charge in [-0.2, -0.15) is 0 Å². The summed E-state index contributed by atoms with van der Waals surface area (Å²) >= 11 is 3.18. The summed E-state index contributed by atoms with van der Waals surface area (Å²) < 4.78 is 0.933. The van der Waals surface area contributed by atoms with Gasteiger partial charge in [0.05, 0.1) is 5.52 Å². The summed E-state index contributed by atoms with van der Waals surface area (Å²) in [6.07, 6.45) is 0. The van der Waals surface area contributed by atoms with Gasteiger partial charge in [-0.15, -0.1) is 10.2 Å². The molecule has 0 fully saturated rings. The molecule has 0 radical (unpaired) electrons. The topological polar surface area (TPSA) is 50.7 Å². The highest BCUT2D eigenvalue weighted by Crippen LogP contribution is 2.32. The monoisotopic (exact) mass is 302 g/mol. The van der Waals surface area contributed by atoms with E-state index >= 15 is 0 Å². The van der Waals surface area contributed by atoms with Crippen molar-refractivity contribution in [2.45, 2.75) is 22.8 Å². The van der Waals surface area contributed by atoms with Gasteiger partial charge in [0.2, 0.25) is 0 Å². The quantitative estimate of drug-likeness (QED) is 0.801. The van der Waals surface area contributed by atoms with Crippen LogP contribution in [0.5, 0.6) is 0 Å². The predicted molar refractivity (Wildman–Crippen MR) is 83.3 cm³/mol. The average molecular weight is 302 g/mol. The van der Waals surface area contributed by atoms with Gasteiger partial charge >= 0.3 is 0 Å². The van der Waals surface area contributed by atoms with Gasteiger partial charge in [-0.05, 0) is 43.4 Å². The van der Waals surface area contributed by atoms with Gasteiger partial charge in [0.25, 0.3) is 0 Å². The normalized spacial score (nSPS) is 11.1. The van der Waals surface area contributed by atoms with E-state index in [1.54, 1.807) is 23.1 Å². The maximum atomic E-state index is 4.76. The number of pyridine rings is 1. The van der Waals surface area contributed by atoms with E-state index in [-0.39, 0.29) is 0 Å². The molecule has 6 heteroatoms. The molecule has 1 aromatic carbocycles. The number of aromatic nitrogens is 3. The highest BCUT2D eigenvalue weighted by atomic mass is 32.2. The Morgan fingerprint density at radius 3 is 2.85 bits per heavy atom. The van der Waals surface area contributed by atoms with Gasteiger partial charge in [-0.25, -0.2) is 4.98 Å². The zero-order chi connectivity index (χ0) is 13.9. The van der Waals surface area contributed by atoms with Crippen molar-refractivity contribution in [3.05, 3.63) is 40.9 Å². The lowest BCUT2D eigenvalue weighted by Gasteiger charge is -2.08. The van der Waals surface area contributed by atoms with Gasteiger partial charge in [0.15, 0.2) is 4.34 Å². The minimum atomic E-state index is 0.790. The zero-order valence-corrected chi connectivity index (χ0v) is 12.9. The first-order chi connectivity index (χ1) is 9.76. The Bertz CT molecular complexity index is 739. The largest absolute Gasteiger partial charge is 0.316 e. The molecule has 1 N–H and O–H groups in total. The van der Waals surface area contributed by atoms with Crippen molar-refractivity contribution >= 4 is 34.0 Å². The van der Waals surface area contributed by atoms with E-state index < -0.39 is 0 Å². The SMILES string of the molecule is CNCc1cc2ccccc2nc1Sc1nnc(C)s1. The average Bonchev–Trinajstić information content (AvgIpc) is 2.85. The number of fused-ring (bicyclic) bond motifs is 1. The minimum absolute atomic E-state index is 0.790. The molecule has 102 valence electrons. The third-order valence-electron chi connectivity index (χ3n) is 2.82. The fraction of sp³-hybridized carbons (Fsp3) is 0.214. The fourth-order valence-electron chi connectivity index (χ4n) is 1.95. The van der Waals surface area contributed by atoms with Crippen LogP contribution in [0.4, 0.5) is 0 Å². The zero-order valence-electron chi connectivity index (χ0n) is 11.3. The van der Waals surface area contributed by atoms with E-state index in [0.29, 0.717) is 0 Å². The van der Waals surface area contributed by atoms with Crippen LogP contribution >= 0.6 is 23.1 Å². The van der Waals surface area contributed by atoms with Crippen LogP contribution in [0.15, 0.2) is 39.7 Å². The van der Waals surface area contributed by atoms with E-state index in [0.717, 1.165) is 31.8 Å². The molecule has 0 amide bonds. The van der Waals surface area contributed by atoms with Crippen LogP contribution in [0.3, 0.4) is 0 Å². The minimum Gasteiger partial charge on any atom is -0.316 e. The first kappa shape index (κ1) is 13.5. The number of nitrogens with one attached hydrogen (secondary N) is 1. The van der Waals surface area contributed by atoms with Crippen molar-refractivity contribution in [2.75, 3.05) is 7.05 Å². The molecular formula is C14H14N4S2. The van der Waals surface area contributed by atoms with Crippen molar-refractivity contribution < 1.29 is 0 Å². The first-order valence-electron chi connectivity index (χ1n) is 6.27. The standard InChI is InChI=1S/C14H14N4S2/c1-9-17-18-14(19-9)20-13-11(8-15-2)7-10-5-3-4-6-12(10)16-13/h3-7,15H,8H2,1-2H3. The summed E-state index contributed by atoms with van der Waals surface area (Å²) in [4.78, 5) is 4.76. The maximum Gasteiger partial charge on any atom is 0.180 e. The molecule has 2 heterocycles. The predicted octanol–water partition coefficient (Wildman–Crippen LogP) is 3.27. The number of hydrogen-bond donors (Lipinski definition) is 1. The lowest BCUT2D eigenvalue weighted by molar-refractivity contribution is 0.793. The smallest absolute Gasteiger partial charge is 0.180 e. The lowest BCUT2D eigenvalue weighted by Crippen LogP contribution is -2.07. The summed E-state index contributed by atoms with van der Waals surface area (Å²) in [7, 11) is 1.94. The van der Waals surface area contributed by atoms with Crippen LogP contribution < -0.4 is 5.32 Å². The molecular weight excluding hydrogens is 288 g/mol. The number of hydrogen-bond acceptors (Lipinski definition) is 6. The third-order valence-corrected chi connectivity index (χ3v) is 4.76. The van der Waals surface area contributed by atoms with E-state index in [4.69, 9.17) is 4.98 Å². The van der Waals surface area contributed by atoms with Gasteiger partial charge < -0.3 is 5.32 Å². The Morgan fingerprint density at radius 1 is 1.25 bits per heavy atom. The van der Waals surface area contributed by atoms with Crippen LogP contribution in [0.2, 0.25) is 0 Å². The van der Waals surface area contributed by atoms with Crippen LogP contribution in [0.25, 0.3) is 10.9 Å². The third kappa shape index (κ3) is 2.82. The molecule has 20 heavy (non-hydrogen) atoms. The molecule has 0 unspecified atom stereocenters. The second-order valence-electron chi connectivity index (χ2n) is 4.36. The molecule has 0 aliphatic rings. The van der Waals surface area contributed by atoms with Crippen molar-refractivity contribution in [1.82, 2.24) is 20.5 Å². The van der Waals surface area contributed by atoms with E-state index in [2.05, 4.69) is 27.6 Å². The molecule has 0 aliphatic heterocycles. The first-order valence-corrected chi connectivity index (χ1v) is 7.91. The number of para-hydroxylation sites is 1. The summed E-state index contributed by atoms with van der Waals surface area (Å²) in [5.41, 5.74) is 2.19. The van der Waals surface area contributed by atoms with Crippen LogP contribution in [-0.4, -0.2) is 22.2 Å². The Labute approximate surface area is 125 Å². The lowest BCUT2D eigenvalue weighted by atomic mass is 10.1. The maximum absolute atomic E-state index is 4.76. The molecule has 0 saturated heterocycles. The van der Waals surface area contributed by atoms with Gasteiger partial charge in [0, 0.05) is 11.9 Å². The summed E-state index contributed by atoms with van der Waals surface area (Å²) in [6.45, 7) is 2.75. The summed E-state index contributed by atoms with van der Waals surface area (Å²) in [6, 6.07) is 10.4. The van der Waals surface area contributed by atoms with Crippen LogP contribution in [0, 0.1) is 6.92 Å². The molecule has 0 atom stereocenters. The highest BCUT2D eigenvalue weighted by molar-refractivity contribution is 8.01. The second-order valence-corrected chi connectivity index (χ2v) is 6.78. The number of nitrogens with zero attached hydrogens (tertiary/aromatic N) is 3. The van der Waals surface area contributed by atoms with Crippen molar-refractivity contribution in [2.24, 2.45) is 0 Å². The molecule has 3 aromatic rings. The van der Waals surface area contributed by atoms with Crippen LogP contribution in [0.1, 0.15) is 10.6 Å². The van der Waals surface area contributed by atoms with Crippen LogP contribution in [-0.2, 0) is 6.54 Å². The molecule has 3 rings (SSSR count). The van der Waals surface area contributed by atoms with Crippen molar-refractivity contribution in [1.29, 1.82) is 0 Å². The number of benzene rings is 1.